The zero-order chi connectivity index (χ0) is 19.7. The number of carboxylic acid groups (broad SMARTS) is 1. The van der Waals surface area contributed by atoms with Crippen LogP contribution in [0.3, 0.4) is 0 Å². The normalized spacial score (nSPS) is 12.4. The number of amides is 1. The average molecular weight is 426 g/mol. The van der Waals surface area contributed by atoms with Crippen molar-refractivity contribution in [2.45, 2.75) is 32.2 Å². The van der Waals surface area contributed by atoms with Gasteiger partial charge in [-0.25, -0.2) is 13.2 Å². The predicted molar refractivity (Wildman–Crippen MR) is 99.7 cm³/mol. The molecule has 26 heavy (non-hydrogen) atoms. The van der Waals surface area contributed by atoms with Crippen LogP contribution in [0.15, 0.2) is 18.2 Å². The summed E-state index contributed by atoms with van der Waals surface area (Å²) in [6.07, 6.45) is 0.202. The second-order valence-corrected chi connectivity index (χ2v) is 8.83. The Labute approximate surface area is 162 Å². The van der Waals surface area contributed by atoms with Crippen LogP contribution in [-0.2, 0) is 19.4 Å². The summed E-state index contributed by atoms with van der Waals surface area (Å²) in [7, 11) is -3.30. The number of carboxylic acids is 1. The van der Waals surface area contributed by atoms with Crippen molar-refractivity contribution < 1.29 is 27.9 Å². The van der Waals surface area contributed by atoms with Crippen LogP contribution in [0.25, 0.3) is 0 Å². The standard InChI is InChI=1S/C16H21Cl2NO6S/c1-2-26(23,24)9-7-13(16(21)22)19-15(20)4-3-8-25-14-6-5-11(17)10-12(14)18/h5-6,10,13H,2-4,7-9H2,1H3,(H,19,20)(H,21,22). The van der Waals surface area contributed by atoms with Gasteiger partial charge < -0.3 is 15.2 Å². The van der Waals surface area contributed by atoms with Gasteiger partial charge in [0.2, 0.25) is 5.91 Å². The SMILES string of the molecule is CCS(=O)(=O)CCC(NC(=O)CCCOc1ccc(Cl)cc1Cl)C(=O)O. The summed E-state index contributed by atoms with van der Waals surface area (Å²) < 4.78 is 28.4. The van der Waals surface area contributed by atoms with Crippen molar-refractivity contribution in [2.24, 2.45) is 0 Å². The molecule has 10 heteroatoms. The molecule has 0 fully saturated rings. The number of sulfone groups is 1. The first kappa shape index (κ1) is 22.5. The van der Waals surface area contributed by atoms with Gasteiger partial charge in [0.15, 0.2) is 0 Å². The highest BCUT2D eigenvalue weighted by Gasteiger charge is 2.22. The molecule has 0 bridgehead atoms. The van der Waals surface area contributed by atoms with E-state index in [9.17, 15) is 18.0 Å². The third kappa shape index (κ3) is 8.25. The fourth-order valence-electron chi connectivity index (χ4n) is 1.97. The van der Waals surface area contributed by atoms with E-state index in [4.69, 9.17) is 33.0 Å². The molecule has 0 aliphatic carbocycles. The number of halogens is 2. The minimum Gasteiger partial charge on any atom is -0.492 e. The summed E-state index contributed by atoms with van der Waals surface area (Å²) in [4.78, 5) is 23.0. The van der Waals surface area contributed by atoms with E-state index in [2.05, 4.69) is 5.32 Å². The third-order valence-electron chi connectivity index (χ3n) is 3.49. The summed E-state index contributed by atoms with van der Waals surface area (Å²) in [6.45, 7) is 1.69. The molecule has 146 valence electrons. The number of aliphatic carboxylic acids is 1. The molecule has 0 heterocycles. The minimum absolute atomic E-state index is 0.0372. The number of ether oxygens (including phenoxy) is 1. The lowest BCUT2D eigenvalue weighted by molar-refractivity contribution is -0.141. The lowest BCUT2D eigenvalue weighted by Gasteiger charge is -2.14. The van der Waals surface area contributed by atoms with Gasteiger partial charge in [0.05, 0.1) is 17.4 Å². The number of rotatable bonds is 11. The summed E-state index contributed by atoms with van der Waals surface area (Å²) in [5.41, 5.74) is 0. The molecule has 0 saturated carbocycles. The van der Waals surface area contributed by atoms with Gasteiger partial charge in [0.1, 0.15) is 21.6 Å². The van der Waals surface area contributed by atoms with Crippen LogP contribution in [0.1, 0.15) is 26.2 Å². The van der Waals surface area contributed by atoms with E-state index in [1.165, 1.54) is 13.0 Å². The minimum atomic E-state index is -3.30. The molecule has 0 radical (unpaired) electrons. The van der Waals surface area contributed by atoms with E-state index in [0.29, 0.717) is 22.2 Å². The molecule has 0 aliphatic rings. The lowest BCUT2D eigenvalue weighted by Crippen LogP contribution is -2.42. The molecular formula is C16H21Cl2NO6S. The molecule has 0 spiro atoms. The first-order valence-corrected chi connectivity index (χ1v) is 10.5. The Balaban J connectivity index is 2.40. The van der Waals surface area contributed by atoms with Crippen molar-refractivity contribution in [2.75, 3.05) is 18.1 Å². The van der Waals surface area contributed by atoms with Crippen LogP contribution in [0.5, 0.6) is 5.75 Å². The number of carbonyl (C=O) groups excluding carboxylic acids is 1. The quantitative estimate of drug-likeness (QED) is 0.527. The third-order valence-corrected chi connectivity index (χ3v) is 5.76. The molecular weight excluding hydrogens is 405 g/mol. The van der Waals surface area contributed by atoms with Gasteiger partial charge >= 0.3 is 5.97 Å². The van der Waals surface area contributed by atoms with Crippen LogP contribution in [0.4, 0.5) is 0 Å². The smallest absolute Gasteiger partial charge is 0.326 e. The Morgan fingerprint density at radius 1 is 1.31 bits per heavy atom. The highest BCUT2D eigenvalue weighted by atomic mass is 35.5. The fourth-order valence-corrected chi connectivity index (χ4v) is 3.32. The molecule has 1 amide bonds. The predicted octanol–water partition coefficient (Wildman–Crippen LogP) is 2.55. The van der Waals surface area contributed by atoms with Crippen molar-refractivity contribution in [1.29, 1.82) is 0 Å². The van der Waals surface area contributed by atoms with E-state index >= 15 is 0 Å². The molecule has 1 atom stereocenters. The first-order valence-electron chi connectivity index (χ1n) is 7.95. The molecule has 1 aromatic carbocycles. The Bertz CT molecular complexity index is 738. The summed E-state index contributed by atoms with van der Waals surface area (Å²) in [6, 6.07) is 3.53. The van der Waals surface area contributed by atoms with Crippen molar-refractivity contribution in [1.82, 2.24) is 5.32 Å². The Kier molecular flexibility index (Phi) is 9.18. The number of hydrogen-bond donors (Lipinski definition) is 2. The van der Waals surface area contributed by atoms with Crippen molar-refractivity contribution in [3.05, 3.63) is 28.2 Å². The monoisotopic (exact) mass is 425 g/mol. The van der Waals surface area contributed by atoms with Gasteiger partial charge in [-0.15, -0.1) is 0 Å². The zero-order valence-electron chi connectivity index (χ0n) is 14.2. The molecule has 1 rings (SSSR count). The number of hydrogen-bond acceptors (Lipinski definition) is 5. The topological polar surface area (TPSA) is 110 Å². The highest BCUT2D eigenvalue weighted by molar-refractivity contribution is 7.91. The highest BCUT2D eigenvalue weighted by Crippen LogP contribution is 2.27. The summed E-state index contributed by atoms with van der Waals surface area (Å²) >= 11 is 11.7. The first-order chi connectivity index (χ1) is 12.1. The van der Waals surface area contributed by atoms with Crippen LogP contribution in [0, 0.1) is 0 Å². The molecule has 0 aliphatic heterocycles. The molecule has 1 unspecified atom stereocenters. The maximum absolute atomic E-state index is 11.9. The largest absolute Gasteiger partial charge is 0.492 e. The molecule has 7 nitrogen and oxygen atoms in total. The second kappa shape index (κ2) is 10.6. The van der Waals surface area contributed by atoms with E-state index in [1.54, 1.807) is 12.1 Å². The Morgan fingerprint density at radius 3 is 2.58 bits per heavy atom. The van der Waals surface area contributed by atoms with E-state index in [-0.39, 0.29) is 31.0 Å². The molecule has 0 aromatic heterocycles. The average Bonchev–Trinajstić information content (AvgIpc) is 2.56. The molecule has 0 saturated heterocycles. The van der Waals surface area contributed by atoms with Gasteiger partial charge in [-0.3, -0.25) is 4.79 Å². The van der Waals surface area contributed by atoms with Crippen LogP contribution >= 0.6 is 23.2 Å². The maximum atomic E-state index is 11.9. The van der Waals surface area contributed by atoms with Crippen LogP contribution in [-0.4, -0.2) is 49.6 Å². The fraction of sp³-hybridized carbons (Fsp3) is 0.500. The zero-order valence-corrected chi connectivity index (χ0v) is 16.5. The van der Waals surface area contributed by atoms with Crippen LogP contribution in [0.2, 0.25) is 10.0 Å². The summed E-state index contributed by atoms with van der Waals surface area (Å²) in [5.74, 6) is -1.69. The Hall–Kier alpha value is -1.51. The number of nitrogens with one attached hydrogen (secondary N) is 1. The van der Waals surface area contributed by atoms with Gasteiger partial charge in [0.25, 0.3) is 0 Å². The lowest BCUT2D eigenvalue weighted by atomic mass is 10.2. The number of carbonyl (C=O) groups is 2. The van der Waals surface area contributed by atoms with Crippen molar-refractivity contribution in [3.8, 4) is 5.75 Å². The molecule has 2 N–H and O–H groups in total. The van der Waals surface area contributed by atoms with Crippen molar-refractivity contribution in [3.63, 3.8) is 0 Å². The Morgan fingerprint density at radius 2 is 2.00 bits per heavy atom. The maximum Gasteiger partial charge on any atom is 0.326 e. The van der Waals surface area contributed by atoms with E-state index in [1.807, 2.05) is 0 Å². The van der Waals surface area contributed by atoms with E-state index in [0.717, 1.165) is 0 Å². The van der Waals surface area contributed by atoms with Gasteiger partial charge in [0, 0.05) is 17.2 Å². The van der Waals surface area contributed by atoms with Crippen molar-refractivity contribution >= 4 is 44.9 Å². The van der Waals surface area contributed by atoms with Gasteiger partial charge in [-0.2, -0.15) is 0 Å². The van der Waals surface area contributed by atoms with E-state index < -0.39 is 27.8 Å². The molecule has 1 aromatic rings. The van der Waals surface area contributed by atoms with Crippen LogP contribution < -0.4 is 10.1 Å². The van der Waals surface area contributed by atoms with Gasteiger partial charge in [-0.1, -0.05) is 30.1 Å². The number of benzene rings is 1. The second-order valence-electron chi connectivity index (χ2n) is 5.51. The van der Waals surface area contributed by atoms with Gasteiger partial charge in [-0.05, 0) is 31.0 Å². The summed E-state index contributed by atoms with van der Waals surface area (Å²) in [5, 5.41) is 12.3.